The Kier molecular flexibility index (Phi) is 3.55. The minimum absolute atomic E-state index is 0.283. The zero-order chi connectivity index (χ0) is 14.1. The van der Waals surface area contributed by atoms with Gasteiger partial charge >= 0.3 is 0 Å². The first kappa shape index (κ1) is 13.3. The molecule has 0 saturated heterocycles. The molecule has 1 aliphatic carbocycles. The van der Waals surface area contributed by atoms with E-state index < -0.39 is 11.6 Å². The number of hydrogen-bond acceptors (Lipinski definition) is 2. The molecule has 0 fully saturated rings. The molecule has 1 aliphatic rings. The van der Waals surface area contributed by atoms with Crippen molar-refractivity contribution in [3.8, 4) is 0 Å². The Bertz CT molecular complexity index is 653. The molecule has 2 aromatic rings. The van der Waals surface area contributed by atoms with E-state index in [0.29, 0.717) is 5.39 Å². The largest absolute Gasteiger partial charge is 0.384 e. The quantitative estimate of drug-likeness (QED) is 0.908. The molecule has 0 aliphatic heterocycles. The van der Waals surface area contributed by atoms with E-state index in [-0.39, 0.29) is 5.52 Å². The molecule has 1 aromatic carbocycles. The summed E-state index contributed by atoms with van der Waals surface area (Å²) in [7, 11) is 0. The number of anilines is 1. The molecule has 4 heteroatoms. The van der Waals surface area contributed by atoms with Crippen LogP contribution in [0.4, 0.5) is 14.5 Å². The van der Waals surface area contributed by atoms with Gasteiger partial charge in [-0.3, -0.25) is 0 Å². The molecule has 2 nitrogen and oxygen atoms in total. The van der Waals surface area contributed by atoms with Gasteiger partial charge in [0.05, 0.1) is 0 Å². The van der Waals surface area contributed by atoms with Gasteiger partial charge < -0.3 is 5.32 Å². The topological polar surface area (TPSA) is 24.9 Å². The standard InChI is InChI=1S/C16H18F2N2/c1-2-7-19-15-11-5-3-4-6-14(11)20-16-12(15)8-10(17)9-13(16)18/h8-9H,2-7H2,1H3,(H,19,20). The third-order valence-corrected chi connectivity index (χ3v) is 3.84. The van der Waals surface area contributed by atoms with Gasteiger partial charge in [-0.2, -0.15) is 0 Å². The highest BCUT2D eigenvalue weighted by Crippen LogP contribution is 2.34. The monoisotopic (exact) mass is 276 g/mol. The van der Waals surface area contributed by atoms with Gasteiger partial charge in [0.1, 0.15) is 11.3 Å². The van der Waals surface area contributed by atoms with Crippen molar-refractivity contribution in [2.45, 2.75) is 39.0 Å². The molecule has 0 radical (unpaired) electrons. The van der Waals surface area contributed by atoms with Crippen molar-refractivity contribution in [3.05, 3.63) is 35.0 Å². The molecule has 0 atom stereocenters. The van der Waals surface area contributed by atoms with Crippen LogP contribution in [0.1, 0.15) is 37.4 Å². The Balaban J connectivity index is 2.27. The predicted octanol–water partition coefficient (Wildman–Crippen LogP) is 4.21. The van der Waals surface area contributed by atoms with Gasteiger partial charge in [0, 0.05) is 29.4 Å². The van der Waals surface area contributed by atoms with Crippen molar-refractivity contribution < 1.29 is 8.78 Å². The minimum Gasteiger partial charge on any atom is -0.384 e. The van der Waals surface area contributed by atoms with E-state index in [1.807, 2.05) is 0 Å². The Morgan fingerprint density at radius 3 is 2.80 bits per heavy atom. The third kappa shape index (κ3) is 2.23. The highest BCUT2D eigenvalue weighted by Gasteiger charge is 2.20. The van der Waals surface area contributed by atoms with E-state index in [2.05, 4.69) is 17.2 Å². The second kappa shape index (κ2) is 5.35. The zero-order valence-electron chi connectivity index (χ0n) is 11.6. The average molecular weight is 276 g/mol. The maximum Gasteiger partial charge on any atom is 0.152 e. The van der Waals surface area contributed by atoms with Gasteiger partial charge in [0.25, 0.3) is 0 Å². The third-order valence-electron chi connectivity index (χ3n) is 3.84. The summed E-state index contributed by atoms with van der Waals surface area (Å²) in [6.45, 7) is 2.87. The van der Waals surface area contributed by atoms with E-state index in [1.54, 1.807) is 0 Å². The predicted molar refractivity (Wildman–Crippen MR) is 77.1 cm³/mol. The number of rotatable bonds is 3. The number of nitrogens with zero attached hydrogens (tertiary/aromatic N) is 1. The molecule has 20 heavy (non-hydrogen) atoms. The fourth-order valence-electron chi connectivity index (χ4n) is 2.90. The van der Waals surface area contributed by atoms with Crippen LogP contribution in [0.2, 0.25) is 0 Å². The van der Waals surface area contributed by atoms with Crippen molar-refractivity contribution in [3.63, 3.8) is 0 Å². The summed E-state index contributed by atoms with van der Waals surface area (Å²) in [5, 5.41) is 3.91. The van der Waals surface area contributed by atoms with Crippen molar-refractivity contribution in [2.24, 2.45) is 0 Å². The summed E-state index contributed by atoms with van der Waals surface area (Å²) < 4.78 is 27.5. The fraction of sp³-hybridized carbons (Fsp3) is 0.438. The SMILES string of the molecule is CCCNc1c2c(nc3c(F)cc(F)cc13)CCCC2. The smallest absolute Gasteiger partial charge is 0.152 e. The van der Waals surface area contributed by atoms with Crippen LogP contribution in [-0.4, -0.2) is 11.5 Å². The molecular formula is C16H18F2N2. The molecule has 0 bridgehead atoms. The van der Waals surface area contributed by atoms with Gasteiger partial charge in [-0.25, -0.2) is 13.8 Å². The van der Waals surface area contributed by atoms with Crippen LogP contribution < -0.4 is 5.32 Å². The number of hydrogen-bond donors (Lipinski definition) is 1. The van der Waals surface area contributed by atoms with Crippen LogP contribution in [0.25, 0.3) is 10.9 Å². The number of fused-ring (bicyclic) bond motifs is 2. The molecule has 0 unspecified atom stereocenters. The van der Waals surface area contributed by atoms with Crippen LogP contribution in [-0.2, 0) is 12.8 Å². The molecule has 106 valence electrons. The molecule has 0 amide bonds. The first-order chi connectivity index (χ1) is 9.70. The van der Waals surface area contributed by atoms with Crippen LogP contribution in [0, 0.1) is 11.6 Å². The maximum atomic E-state index is 14.0. The van der Waals surface area contributed by atoms with Crippen LogP contribution in [0.15, 0.2) is 12.1 Å². The molecule has 0 spiro atoms. The van der Waals surface area contributed by atoms with E-state index >= 15 is 0 Å². The summed E-state index contributed by atoms with van der Waals surface area (Å²) in [5.41, 5.74) is 3.27. The van der Waals surface area contributed by atoms with E-state index in [0.717, 1.165) is 61.7 Å². The number of benzene rings is 1. The first-order valence-corrected chi connectivity index (χ1v) is 7.25. The Hall–Kier alpha value is -1.71. The molecular weight excluding hydrogens is 258 g/mol. The highest BCUT2D eigenvalue weighted by molar-refractivity contribution is 5.94. The lowest BCUT2D eigenvalue weighted by Crippen LogP contribution is -2.12. The van der Waals surface area contributed by atoms with Gasteiger partial charge in [0.2, 0.25) is 0 Å². The summed E-state index contributed by atoms with van der Waals surface area (Å²) >= 11 is 0. The first-order valence-electron chi connectivity index (χ1n) is 7.25. The minimum atomic E-state index is -0.576. The Labute approximate surface area is 117 Å². The Morgan fingerprint density at radius 2 is 2.00 bits per heavy atom. The summed E-state index contributed by atoms with van der Waals surface area (Å²) in [6.07, 6.45) is 4.97. The molecule has 3 rings (SSSR count). The molecule has 1 heterocycles. The summed E-state index contributed by atoms with van der Waals surface area (Å²) in [4.78, 5) is 4.44. The van der Waals surface area contributed by atoms with Crippen LogP contribution >= 0.6 is 0 Å². The van der Waals surface area contributed by atoms with E-state index in [9.17, 15) is 8.78 Å². The number of aromatic nitrogens is 1. The van der Waals surface area contributed by atoms with Crippen molar-refractivity contribution in [1.82, 2.24) is 4.98 Å². The number of aryl methyl sites for hydroxylation is 1. The van der Waals surface area contributed by atoms with E-state index in [1.165, 1.54) is 6.07 Å². The van der Waals surface area contributed by atoms with Gasteiger partial charge in [-0.1, -0.05) is 6.92 Å². The second-order valence-corrected chi connectivity index (χ2v) is 5.33. The zero-order valence-corrected chi connectivity index (χ0v) is 11.6. The number of pyridine rings is 1. The average Bonchev–Trinajstić information content (AvgIpc) is 2.44. The lowest BCUT2D eigenvalue weighted by Gasteiger charge is -2.21. The van der Waals surface area contributed by atoms with Crippen molar-refractivity contribution in [2.75, 3.05) is 11.9 Å². The maximum absolute atomic E-state index is 14.0. The lowest BCUT2D eigenvalue weighted by molar-refractivity contribution is 0.589. The van der Waals surface area contributed by atoms with Gasteiger partial charge in [-0.05, 0) is 43.7 Å². The number of nitrogens with one attached hydrogen (secondary N) is 1. The van der Waals surface area contributed by atoms with Crippen LogP contribution in [0.3, 0.4) is 0 Å². The highest BCUT2D eigenvalue weighted by atomic mass is 19.1. The summed E-state index contributed by atoms with van der Waals surface area (Å²) in [6, 6.07) is 2.30. The lowest BCUT2D eigenvalue weighted by atomic mass is 9.92. The molecule has 1 aromatic heterocycles. The second-order valence-electron chi connectivity index (χ2n) is 5.33. The van der Waals surface area contributed by atoms with Crippen molar-refractivity contribution in [1.29, 1.82) is 0 Å². The fourth-order valence-corrected chi connectivity index (χ4v) is 2.90. The Morgan fingerprint density at radius 1 is 1.20 bits per heavy atom. The number of halogens is 2. The summed E-state index contributed by atoms with van der Waals surface area (Å²) in [5.74, 6) is -1.12. The van der Waals surface area contributed by atoms with E-state index in [4.69, 9.17) is 0 Å². The molecule has 1 N–H and O–H groups in total. The van der Waals surface area contributed by atoms with Crippen LogP contribution in [0.5, 0.6) is 0 Å². The van der Waals surface area contributed by atoms with Gasteiger partial charge in [0.15, 0.2) is 5.82 Å². The van der Waals surface area contributed by atoms with Crippen molar-refractivity contribution >= 4 is 16.6 Å². The normalized spacial score (nSPS) is 14.3. The van der Waals surface area contributed by atoms with Gasteiger partial charge in [-0.15, -0.1) is 0 Å². The molecule has 0 saturated carbocycles.